The molecule has 5 nitrogen and oxygen atoms in total. The number of piperidine rings is 1. The van der Waals surface area contributed by atoms with Crippen LogP contribution in [0.3, 0.4) is 0 Å². The minimum atomic E-state index is -0.694. The Bertz CT molecular complexity index is 1310. The number of likely N-dealkylation sites (tertiary alicyclic amines) is 3. The highest BCUT2D eigenvalue weighted by Crippen LogP contribution is 2.42. The van der Waals surface area contributed by atoms with E-state index in [0.29, 0.717) is 36.8 Å². The number of carbonyl (C=O) groups excluding carboxylic acids is 2. The van der Waals surface area contributed by atoms with E-state index in [1.54, 1.807) is 0 Å². The second-order valence-electron chi connectivity index (χ2n) is 13.6. The Kier molecular flexibility index (Phi) is 8.25. The van der Waals surface area contributed by atoms with Gasteiger partial charge in [-0.1, -0.05) is 23.7 Å². The number of benzene rings is 2. The summed E-state index contributed by atoms with van der Waals surface area (Å²) in [6.45, 7) is 14.1. The van der Waals surface area contributed by atoms with Crippen molar-refractivity contribution in [1.29, 1.82) is 0 Å². The molecule has 2 amide bonds. The van der Waals surface area contributed by atoms with Crippen molar-refractivity contribution in [2.75, 3.05) is 39.3 Å². The van der Waals surface area contributed by atoms with Crippen LogP contribution in [0, 0.1) is 17.6 Å². The highest BCUT2D eigenvalue weighted by atomic mass is 35.5. The van der Waals surface area contributed by atoms with Gasteiger partial charge in [-0.2, -0.15) is 0 Å². The highest BCUT2D eigenvalue weighted by Gasteiger charge is 2.45. The van der Waals surface area contributed by atoms with Crippen molar-refractivity contribution in [3.05, 3.63) is 69.7 Å². The number of amides is 2. The fourth-order valence-corrected chi connectivity index (χ4v) is 6.99. The van der Waals surface area contributed by atoms with E-state index in [9.17, 15) is 18.4 Å². The first-order chi connectivity index (χ1) is 19.3. The summed E-state index contributed by atoms with van der Waals surface area (Å²) in [4.78, 5) is 33.4. The van der Waals surface area contributed by atoms with Crippen LogP contribution in [0.4, 0.5) is 8.78 Å². The minimum Gasteiger partial charge on any atom is -0.342 e. The Balaban J connectivity index is 1.34. The van der Waals surface area contributed by atoms with Crippen LogP contribution in [0.15, 0.2) is 36.4 Å². The lowest BCUT2D eigenvalue weighted by molar-refractivity contribution is -0.139. The van der Waals surface area contributed by atoms with E-state index in [2.05, 4.69) is 31.7 Å². The Morgan fingerprint density at radius 2 is 1.51 bits per heavy atom. The maximum absolute atomic E-state index is 14.9. The Morgan fingerprint density at radius 1 is 0.854 bits per heavy atom. The van der Waals surface area contributed by atoms with Crippen molar-refractivity contribution >= 4 is 23.4 Å². The summed E-state index contributed by atoms with van der Waals surface area (Å²) in [5.74, 6) is -1.57. The van der Waals surface area contributed by atoms with Crippen LogP contribution in [0.1, 0.15) is 82.4 Å². The van der Waals surface area contributed by atoms with E-state index < -0.39 is 23.0 Å². The summed E-state index contributed by atoms with van der Waals surface area (Å²) >= 11 is 6.43. The molecule has 3 saturated heterocycles. The van der Waals surface area contributed by atoms with Gasteiger partial charge in [0.15, 0.2) is 0 Å². The normalized spacial score (nSPS) is 22.6. The van der Waals surface area contributed by atoms with Gasteiger partial charge in [0.1, 0.15) is 11.6 Å². The molecule has 0 bridgehead atoms. The van der Waals surface area contributed by atoms with Crippen molar-refractivity contribution in [1.82, 2.24) is 14.7 Å². The first kappa shape index (κ1) is 30.0. The third-order valence-electron chi connectivity index (χ3n) is 9.56. The molecular weight excluding hydrogens is 544 g/mol. The van der Waals surface area contributed by atoms with Crippen LogP contribution in [0.25, 0.3) is 0 Å². The van der Waals surface area contributed by atoms with Gasteiger partial charge < -0.3 is 9.80 Å². The van der Waals surface area contributed by atoms with Gasteiger partial charge in [-0.05, 0) is 94.7 Å². The molecule has 0 N–H and O–H groups in total. The molecule has 3 fully saturated rings. The van der Waals surface area contributed by atoms with Crippen molar-refractivity contribution in [3.8, 4) is 0 Å². The Labute approximate surface area is 247 Å². The van der Waals surface area contributed by atoms with Gasteiger partial charge in [0.25, 0.3) is 0 Å². The molecule has 3 heterocycles. The zero-order valence-corrected chi connectivity index (χ0v) is 25.6. The van der Waals surface area contributed by atoms with Crippen molar-refractivity contribution in [2.24, 2.45) is 5.92 Å². The molecule has 3 aliphatic rings. The Hall–Kier alpha value is -2.51. The number of carbonyl (C=O) groups is 2. The fourth-order valence-electron chi connectivity index (χ4n) is 6.82. The summed E-state index contributed by atoms with van der Waals surface area (Å²) in [5, 5.41) is 0.615. The second-order valence-corrected chi connectivity index (χ2v) is 14.0. The zero-order chi connectivity index (χ0) is 29.7. The molecule has 5 rings (SSSR count). The molecule has 0 aromatic heterocycles. The first-order valence-electron chi connectivity index (χ1n) is 14.9. The maximum atomic E-state index is 14.9. The lowest BCUT2D eigenvalue weighted by Crippen LogP contribution is -2.50. The number of rotatable bonds is 5. The molecule has 0 aliphatic carbocycles. The van der Waals surface area contributed by atoms with Crippen molar-refractivity contribution < 1.29 is 18.4 Å². The number of nitrogens with zero attached hydrogens (tertiary/aromatic N) is 3. The van der Waals surface area contributed by atoms with Crippen LogP contribution in [-0.2, 0) is 15.0 Å². The van der Waals surface area contributed by atoms with E-state index >= 15 is 0 Å². The zero-order valence-electron chi connectivity index (χ0n) is 24.9. The van der Waals surface area contributed by atoms with Gasteiger partial charge in [-0.15, -0.1) is 0 Å². The standard InChI is InChI=1S/C33H42ClF2N3O2/c1-32(2,3)39-19-26(25-10-8-23(35)18-29(25)36)27(20-39)30(40)37-15-11-21(12-16-37)24-9-7-22(34)17-28(24)33(4,5)31(41)38-13-6-14-38/h7-10,17-18,21,26-27H,6,11-16,19-20H2,1-5H3/t26?,27-/m1/s1. The molecule has 0 saturated carbocycles. The minimum absolute atomic E-state index is 0.0357. The summed E-state index contributed by atoms with van der Waals surface area (Å²) in [6, 6.07) is 9.58. The third-order valence-corrected chi connectivity index (χ3v) is 9.80. The molecule has 2 atom stereocenters. The third kappa shape index (κ3) is 5.90. The lowest BCUT2D eigenvalue weighted by atomic mass is 9.75. The van der Waals surface area contributed by atoms with Gasteiger partial charge in [-0.3, -0.25) is 14.5 Å². The van der Waals surface area contributed by atoms with E-state index in [1.165, 1.54) is 12.1 Å². The highest BCUT2D eigenvalue weighted by molar-refractivity contribution is 6.30. The summed E-state index contributed by atoms with van der Waals surface area (Å²) in [5.41, 5.74) is 1.63. The molecule has 41 heavy (non-hydrogen) atoms. The molecular formula is C33H42ClF2N3O2. The maximum Gasteiger partial charge on any atom is 0.232 e. The molecule has 0 spiro atoms. The van der Waals surface area contributed by atoms with E-state index in [-0.39, 0.29) is 29.2 Å². The molecule has 3 aliphatic heterocycles. The number of halogens is 3. The van der Waals surface area contributed by atoms with Gasteiger partial charge in [0.05, 0.1) is 11.3 Å². The van der Waals surface area contributed by atoms with Gasteiger partial charge >= 0.3 is 0 Å². The first-order valence-corrected chi connectivity index (χ1v) is 15.2. The molecule has 1 unspecified atom stereocenters. The summed E-state index contributed by atoms with van der Waals surface area (Å²) in [6.07, 6.45) is 2.60. The summed E-state index contributed by atoms with van der Waals surface area (Å²) < 4.78 is 28.6. The molecule has 2 aromatic carbocycles. The molecule has 222 valence electrons. The van der Waals surface area contributed by atoms with E-state index in [1.807, 2.05) is 35.8 Å². The fraction of sp³-hybridized carbons (Fsp3) is 0.576. The van der Waals surface area contributed by atoms with Gasteiger partial charge in [0.2, 0.25) is 11.8 Å². The lowest BCUT2D eigenvalue weighted by Gasteiger charge is -2.40. The van der Waals surface area contributed by atoms with Crippen molar-refractivity contribution in [3.63, 3.8) is 0 Å². The second kappa shape index (κ2) is 11.3. The largest absolute Gasteiger partial charge is 0.342 e. The summed E-state index contributed by atoms with van der Waals surface area (Å²) in [7, 11) is 0. The monoisotopic (exact) mass is 585 g/mol. The van der Waals surface area contributed by atoms with E-state index in [4.69, 9.17) is 11.6 Å². The Morgan fingerprint density at radius 3 is 2.10 bits per heavy atom. The van der Waals surface area contributed by atoms with Crippen molar-refractivity contribution in [2.45, 2.75) is 76.7 Å². The van der Waals surface area contributed by atoms with Gasteiger partial charge in [-0.25, -0.2) is 8.78 Å². The van der Waals surface area contributed by atoms with Crippen LogP contribution in [-0.4, -0.2) is 71.3 Å². The quantitative estimate of drug-likeness (QED) is 0.411. The topological polar surface area (TPSA) is 43.9 Å². The molecule has 0 radical (unpaired) electrons. The van der Waals surface area contributed by atoms with E-state index in [0.717, 1.165) is 49.5 Å². The number of hydrogen-bond acceptors (Lipinski definition) is 3. The average Bonchev–Trinajstić information content (AvgIpc) is 3.33. The van der Waals surface area contributed by atoms with Crippen LogP contribution >= 0.6 is 11.6 Å². The van der Waals surface area contributed by atoms with Crippen LogP contribution in [0.2, 0.25) is 5.02 Å². The van der Waals surface area contributed by atoms with Crippen LogP contribution < -0.4 is 0 Å². The predicted molar refractivity (Wildman–Crippen MR) is 158 cm³/mol. The SMILES string of the molecule is CC(C)(C(=O)N1CCC1)c1cc(Cl)ccc1C1CCN(C(=O)[C@@H]2CN(C(C)(C)C)CC2c2ccc(F)cc2F)CC1. The average molecular weight is 586 g/mol. The number of hydrogen-bond donors (Lipinski definition) is 0. The molecule has 2 aromatic rings. The predicted octanol–water partition coefficient (Wildman–Crippen LogP) is 6.35. The molecule has 8 heteroatoms. The smallest absolute Gasteiger partial charge is 0.232 e. The van der Waals surface area contributed by atoms with Crippen LogP contribution in [0.5, 0.6) is 0 Å². The van der Waals surface area contributed by atoms with Gasteiger partial charge in [0, 0.05) is 61.8 Å².